The predicted octanol–water partition coefficient (Wildman–Crippen LogP) is 2.01. The number of nitrogens with zero attached hydrogens (tertiary/aromatic N) is 2. The summed E-state index contributed by atoms with van der Waals surface area (Å²) < 4.78 is 0. The Kier molecular flexibility index (Phi) is 3.78. The van der Waals surface area contributed by atoms with Crippen LogP contribution < -0.4 is 5.32 Å². The third-order valence-corrected chi connectivity index (χ3v) is 3.30. The van der Waals surface area contributed by atoms with Crippen molar-refractivity contribution in [3.05, 3.63) is 24.0 Å². The van der Waals surface area contributed by atoms with Gasteiger partial charge in [-0.2, -0.15) is 5.26 Å². The number of nitriles is 1. The number of carboxylic acid groups (broad SMARTS) is 1. The standard InChI is InChI=1S/C13H15N3O2/c14-8-12-11(5-2-6-15-12)16-10-4-1-3-9(7-10)13(17)18/h2,5-6,9-10,16H,1,3-4,7H2,(H,17,18). The molecule has 1 aromatic heterocycles. The first kappa shape index (κ1) is 12.4. The van der Waals surface area contributed by atoms with Gasteiger partial charge in [-0.25, -0.2) is 4.98 Å². The van der Waals surface area contributed by atoms with Crippen molar-refractivity contribution < 1.29 is 9.90 Å². The summed E-state index contributed by atoms with van der Waals surface area (Å²) in [6.07, 6.45) is 4.76. The van der Waals surface area contributed by atoms with Gasteiger partial charge in [-0.05, 0) is 31.4 Å². The van der Waals surface area contributed by atoms with Crippen LogP contribution in [0.15, 0.2) is 18.3 Å². The summed E-state index contributed by atoms with van der Waals surface area (Å²) in [6, 6.07) is 5.70. The van der Waals surface area contributed by atoms with Crippen molar-refractivity contribution in [1.82, 2.24) is 4.98 Å². The number of carbonyl (C=O) groups is 1. The van der Waals surface area contributed by atoms with Crippen LogP contribution in [0.5, 0.6) is 0 Å². The van der Waals surface area contributed by atoms with Crippen LogP contribution in [-0.4, -0.2) is 22.1 Å². The molecule has 0 saturated heterocycles. The van der Waals surface area contributed by atoms with Crippen LogP contribution in [0.4, 0.5) is 5.69 Å². The lowest BCUT2D eigenvalue weighted by Crippen LogP contribution is -2.31. The van der Waals surface area contributed by atoms with Crippen molar-refractivity contribution in [2.45, 2.75) is 31.7 Å². The molecule has 1 heterocycles. The normalized spacial score (nSPS) is 23.1. The lowest BCUT2D eigenvalue weighted by molar-refractivity contribution is -0.142. The predicted molar refractivity (Wildman–Crippen MR) is 66.0 cm³/mol. The zero-order chi connectivity index (χ0) is 13.0. The summed E-state index contributed by atoms with van der Waals surface area (Å²) >= 11 is 0. The molecule has 0 amide bonds. The molecule has 2 N–H and O–H groups in total. The molecule has 0 aliphatic heterocycles. The fraction of sp³-hybridized carbons (Fsp3) is 0.462. The zero-order valence-corrected chi connectivity index (χ0v) is 9.97. The number of aliphatic carboxylic acids is 1. The van der Waals surface area contributed by atoms with E-state index in [1.165, 1.54) is 0 Å². The number of aromatic nitrogens is 1. The summed E-state index contributed by atoms with van der Waals surface area (Å²) in [5.41, 5.74) is 1.05. The Morgan fingerprint density at radius 2 is 2.39 bits per heavy atom. The van der Waals surface area contributed by atoms with Crippen LogP contribution >= 0.6 is 0 Å². The molecular formula is C13H15N3O2. The van der Waals surface area contributed by atoms with Crippen molar-refractivity contribution in [3.63, 3.8) is 0 Å². The minimum Gasteiger partial charge on any atom is -0.481 e. The van der Waals surface area contributed by atoms with Crippen LogP contribution in [0.1, 0.15) is 31.4 Å². The Labute approximate surface area is 105 Å². The van der Waals surface area contributed by atoms with E-state index in [1.54, 1.807) is 18.3 Å². The fourth-order valence-corrected chi connectivity index (χ4v) is 2.38. The third kappa shape index (κ3) is 2.77. The van der Waals surface area contributed by atoms with Crippen molar-refractivity contribution in [1.29, 1.82) is 5.26 Å². The maximum atomic E-state index is 11.0. The van der Waals surface area contributed by atoms with Gasteiger partial charge in [-0.3, -0.25) is 4.79 Å². The number of rotatable bonds is 3. The average molecular weight is 245 g/mol. The first-order chi connectivity index (χ1) is 8.70. The number of hydrogen-bond donors (Lipinski definition) is 2. The molecule has 1 aliphatic rings. The van der Waals surface area contributed by atoms with E-state index in [2.05, 4.69) is 10.3 Å². The lowest BCUT2D eigenvalue weighted by atomic mass is 9.85. The van der Waals surface area contributed by atoms with Crippen LogP contribution in [-0.2, 0) is 4.79 Å². The first-order valence-corrected chi connectivity index (χ1v) is 6.05. The topological polar surface area (TPSA) is 86.0 Å². The lowest BCUT2D eigenvalue weighted by Gasteiger charge is -2.28. The molecule has 1 aliphatic carbocycles. The van der Waals surface area contributed by atoms with Gasteiger partial charge >= 0.3 is 5.97 Å². The van der Waals surface area contributed by atoms with E-state index in [1.807, 2.05) is 6.07 Å². The molecule has 0 spiro atoms. The molecule has 1 fully saturated rings. The molecule has 5 nitrogen and oxygen atoms in total. The molecule has 5 heteroatoms. The molecule has 1 saturated carbocycles. The van der Waals surface area contributed by atoms with E-state index in [4.69, 9.17) is 10.4 Å². The second-order valence-electron chi connectivity index (χ2n) is 4.55. The highest BCUT2D eigenvalue weighted by Gasteiger charge is 2.27. The molecule has 94 valence electrons. The Morgan fingerprint density at radius 3 is 3.11 bits per heavy atom. The highest BCUT2D eigenvalue weighted by molar-refractivity contribution is 5.70. The molecular weight excluding hydrogens is 230 g/mol. The van der Waals surface area contributed by atoms with Gasteiger partial charge in [0, 0.05) is 12.2 Å². The van der Waals surface area contributed by atoms with Crippen molar-refractivity contribution in [2.24, 2.45) is 5.92 Å². The molecule has 2 unspecified atom stereocenters. The van der Waals surface area contributed by atoms with E-state index in [9.17, 15) is 4.79 Å². The van der Waals surface area contributed by atoms with Crippen LogP contribution in [0.2, 0.25) is 0 Å². The van der Waals surface area contributed by atoms with Gasteiger partial charge in [0.15, 0.2) is 5.69 Å². The first-order valence-electron chi connectivity index (χ1n) is 6.05. The molecule has 1 aromatic rings. The van der Waals surface area contributed by atoms with Crippen molar-refractivity contribution >= 4 is 11.7 Å². The van der Waals surface area contributed by atoms with Crippen LogP contribution in [0.3, 0.4) is 0 Å². The summed E-state index contributed by atoms with van der Waals surface area (Å²) in [5, 5.41) is 21.2. The van der Waals surface area contributed by atoms with Crippen LogP contribution in [0, 0.1) is 17.2 Å². The SMILES string of the molecule is N#Cc1ncccc1NC1CCCC(C(=O)O)C1. The smallest absolute Gasteiger partial charge is 0.306 e. The largest absolute Gasteiger partial charge is 0.481 e. The van der Waals surface area contributed by atoms with E-state index >= 15 is 0 Å². The fourth-order valence-electron chi connectivity index (χ4n) is 2.38. The molecule has 18 heavy (non-hydrogen) atoms. The minimum atomic E-state index is -0.729. The number of anilines is 1. The quantitative estimate of drug-likeness (QED) is 0.850. The highest BCUT2D eigenvalue weighted by Crippen LogP contribution is 2.27. The molecule has 0 bridgehead atoms. The second kappa shape index (κ2) is 5.50. The third-order valence-electron chi connectivity index (χ3n) is 3.30. The number of hydrogen-bond acceptors (Lipinski definition) is 4. The highest BCUT2D eigenvalue weighted by atomic mass is 16.4. The van der Waals surface area contributed by atoms with E-state index < -0.39 is 5.97 Å². The van der Waals surface area contributed by atoms with Gasteiger partial charge in [-0.1, -0.05) is 6.42 Å². The van der Waals surface area contributed by atoms with Gasteiger partial charge in [0.2, 0.25) is 0 Å². The Hall–Kier alpha value is -2.09. The van der Waals surface area contributed by atoms with E-state index in [0.717, 1.165) is 19.3 Å². The Bertz CT molecular complexity index is 481. The summed E-state index contributed by atoms with van der Waals surface area (Å²) in [5.74, 6) is -1.01. The average Bonchev–Trinajstić information content (AvgIpc) is 2.39. The Balaban J connectivity index is 2.05. The maximum absolute atomic E-state index is 11.0. The minimum absolute atomic E-state index is 0.108. The number of pyridine rings is 1. The molecule has 0 aromatic carbocycles. The van der Waals surface area contributed by atoms with Gasteiger partial charge in [-0.15, -0.1) is 0 Å². The van der Waals surface area contributed by atoms with Crippen LogP contribution in [0.25, 0.3) is 0 Å². The van der Waals surface area contributed by atoms with Crippen molar-refractivity contribution in [2.75, 3.05) is 5.32 Å². The van der Waals surface area contributed by atoms with Gasteiger partial charge < -0.3 is 10.4 Å². The molecule has 2 rings (SSSR count). The maximum Gasteiger partial charge on any atom is 0.306 e. The van der Waals surface area contributed by atoms with E-state index in [0.29, 0.717) is 17.8 Å². The van der Waals surface area contributed by atoms with Gasteiger partial charge in [0.1, 0.15) is 6.07 Å². The summed E-state index contributed by atoms with van der Waals surface area (Å²) in [6.45, 7) is 0. The summed E-state index contributed by atoms with van der Waals surface area (Å²) in [7, 11) is 0. The second-order valence-corrected chi connectivity index (χ2v) is 4.55. The number of nitrogens with one attached hydrogen (secondary N) is 1. The Morgan fingerprint density at radius 1 is 1.56 bits per heavy atom. The summed E-state index contributed by atoms with van der Waals surface area (Å²) in [4.78, 5) is 15.0. The monoisotopic (exact) mass is 245 g/mol. The van der Waals surface area contributed by atoms with Gasteiger partial charge in [0.05, 0.1) is 11.6 Å². The molecule has 0 radical (unpaired) electrons. The van der Waals surface area contributed by atoms with Gasteiger partial charge in [0.25, 0.3) is 0 Å². The zero-order valence-electron chi connectivity index (χ0n) is 9.97. The molecule has 2 atom stereocenters. The van der Waals surface area contributed by atoms with Crippen molar-refractivity contribution in [3.8, 4) is 6.07 Å². The number of carboxylic acids is 1. The van der Waals surface area contributed by atoms with E-state index in [-0.39, 0.29) is 12.0 Å².